The second kappa shape index (κ2) is 5.16. The van der Waals surface area contributed by atoms with Crippen molar-refractivity contribution < 1.29 is 0 Å². The first-order valence-corrected chi connectivity index (χ1v) is 7.43. The summed E-state index contributed by atoms with van der Waals surface area (Å²) in [6, 6.07) is 6.79. The van der Waals surface area contributed by atoms with E-state index >= 15 is 0 Å². The molecule has 1 aromatic carbocycles. The molecule has 3 rings (SSSR count). The highest BCUT2D eigenvalue weighted by atomic mass is 15.0. The largest absolute Gasteiger partial charge is 0.317 e. The lowest BCUT2D eigenvalue weighted by Crippen LogP contribution is -1.89. The van der Waals surface area contributed by atoms with Crippen LogP contribution in [-0.4, -0.2) is 4.57 Å². The Bertz CT molecular complexity index is 726. The Labute approximate surface area is 120 Å². The maximum absolute atomic E-state index is 3.99. The molecule has 0 atom stereocenters. The Balaban J connectivity index is 2.29. The predicted octanol–water partition coefficient (Wildman–Crippen LogP) is 5.21. The van der Waals surface area contributed by atoms with Gasteiger partial charge in [0.05, 0.1) is 5.52 Å². The smallest absolute Gasteiger partial charge is 0.0531 e. The number of aryl methyl sites for hydroxylation is 1. The maximum Gasteiger partial charge on any atom is 0.0531 e. The molecular weight excluding hydrogens is 242 g/mol. The van der Waals surface area contributed by atoms with Crippen LogP contribution in [0.25, 0.3) is 23.2 Å². The number of allylic oxidation sites excluding steroid dienone is 3. The van der Waals surface area contributed by atoms with Crippen molar-refractivity contribution in [2.24, 2.45) is 0 Å². The quantitative estimate of drug-likeness (QED) is 0.716. The minimum absolute atomic E-state index is 1.01. The summed E-state index contributed by atoms with van der Waals surface area (Å²) in [5.41, 5.74) is 6.78. The Morgan fingerprint density at radius 3 is 2.75 bits per heavy atom. The highest BCUT2D eigenvalue weighted by Crippen LogP contribution is 2.31. The molecule has 0 bridgehead atoms. The average molecular weight is 263 g/mol. The van der Waals surface area contributed by atoms with Gasteiger partial charge in [-0.25, -0.2) is 0 Å². The van der Waals surface area contributed by atoms with Crippen LogP contribution in [0.3, 0.4) is 0 Å². The average Bonchev–Trinajstić information content (AvgIpc) is 2.64. The van der Waals surface area contributed by atoms with Gasteiger partial charge < -0.3 is 4.57 Å². The molecule has 1 heterocycles. The van der Waals surface area contributed by atoms with E-state index in [-0.39, 0.29) is 0 Å². The minimum atomic E-state index is 1.01. The fraction of sp³-hybridized carbons (Fsp3) is 0.263. The van der Waals surface area contributed by atoms with Gasteiger partial charge in [-0.05, 0) is 48.6 Å². The van der Waals surface area contributed by atoms with Crippen LogP contribution in [0.2, 0.25) is 0 Å². The van der Waals surface area contributed by atoms with Crippen molar-refractivity contribution in [3.8, 4) is 0 Å². The van der Waals surface area contributed by atoms with E-state index in [0.29, 0.717) is 0 Å². The van der Waals surface area contributed by atoms with E-state index in [9.17, 15) is 0 Å². The number of aromatic nitrogens is 1. The number of rotatable bonds is 3. The van der Waals surface area contributed by atoms with Gasteiger partial charge in [-0.15, -0.1) is 0 Å². The van der Waals surface area contributed by atoms with Crippen LogP contribution in [0.1, 0.15) is 37.1 Å². The third-order valence-corrected chi connectivity index (χ3v) is 4.24. The van der Waals surface area contributed by atoms with E-state index in [1.165, 1.54) is 33.3 Å². The fourth-order valence-corrected chi connectivity index (χ4v) is 3.01. The molecule has 0 fully saturated rings. The van der Waals surface area contributed by atoms with Gasteiger partial charge in [0.15, 0.2) is 0 Å². The van der Waals surface area contributed by atoms with Crippen LogP contribution < -0.4 is 0 Å². The Morgan fingerprint density at radius 1 is 1.20 bits per heavy atom. The first-order valence-electron chi connectivity index (χ1n) is 7.43. The molecule has 1 nitrogen and oxygen atoms in total. The van der Waals surface area contributed by atoms with E-state index in [0.717, 1.165) is 19.3 Å². The zero-order valence-corrected chi connectivity index (χ0v) is 12.3. The summed E-state index contributed by atoms with van der Waals surface area (Å²) in [6.45, 7) is 8.40. The lowest BCUT2D eigenvalue weighted by molar-refractivity contribution is 1.12. The number of hydrogen-bond acceptors (Lipinski definition) is 0. The minimum Gasteiger partial charge on any atom is -0.317 e. The summed E-state index contributed by atoms with van der Waals surface area (Å²) in [5, 5.41) is 1.37. The number of benzene rings is 1. The fourth-order valence-electron chi connectivity index (χ4n) is 3.01. The zero-order chi connectivity index (χ0) is 14.1. The molecule has 0 unspecified atom stereocenters. The molecule has 1 aromatic heterocycles. The summed E-state index contributed by atoms with van der Waals surface area (Å²) in [6.07, 6.45) is 11.9. The highest BCUT2D eigenvalue weighted by molar-refractivity contribution is 5.91. The van der Waals surface area contributed by atoms with Crippen molar-refractivity contribution in [2.45, 2.75) is 33.1 Å². The topological polar surface area (TPSA) is 4.93 Å². The molecule has 0 amide bonds. The molecule has 1 heteroatoms. The van der Waals surface area contributed by atoms with Gasteiger partial charge in [-0.1, -0.05) is 44.2 Å². The third kappa shape index (κ3) is 1.94. The van der Waals surface area contributed by atoms with Crippen molar-refractivity contribution in [1.82, 2.24) is 4.57 Å². The maximum atomic E-state index is 3.99. The van der Waals surface area contributed by atoms with Gasteiger partial charge in [-0.3, -0.25) is 0 Å². The zero-order valence-electron chi connectivity index (χ0n) is 12.3. The Kier molecular flexibility index (Phi) is 3.35. The first-order chi connectivity index (χ1) is 9.78. The Hall–Kier alpha value is -2.02. The third-order valence-electron chi connectivity index (χ3n) is 4.24. The van der Waals surface area contributed by atoms with Gasteiger partial charge in [0.25, 0.3) is 0 Å². The van der Waals surface area contributed by atoms with Crippen LogP contribution in [-0.2, 0) is 12.8 Å². The van der Waals surface area contributed by atoms with E-state index in [4.69, 9.17) is 0 Å². The predicted molar refractivity (Wildman–Crippen MR) is 88.8 cm³/mol. The SMILES string of the molecule is C=Cn1c2c(c3cc(CC)ccc31)CC=C(CC)C=C2. The van der Waals surface area contributed by atoms with Crippen molar-refractivity contribution in [3.63, 3.8) is 0 Å². The molecule has 102 valence electrons. The van der Waals surface area contributed by atoms with Crippen LogP contribution in [0.5, 0.6) is 0 Å². The summed E-state index contributed by atoms with van der Waals surface area (Å²) < 4.78 is 2.22. The molecule has 1 aliphatic rings. The number of nitrogens with zero attached hydrogens (tertiary/aromatic N) is 1. The van der Waals surface area contributed by atoms with E-state index in [1.807, 2.05) is 6.20 Å². The summed E-state index contributed by atoms with van der Waals surface area (Å²) >= 11 is 0. The molecule has 0 radical (unpaired) electrons. The van der Waals surface area contributed by atoms with Crippen LogP contribution >= 0.6 is 0 Å². The van der Waals surface area contributed by atoms with Gasteiger partial charge in [0.1, 0.15) is 0 Å². The van der Waals surface area contributed by atoms with Crippen molar-refractivity contribution in [2.75, 3.05) is 0 Å². The van der Waals surface area contributed by atoms with Crippen LogP contribution in [0.15, 0.2) is 42.5 Å². The number of fused-ring (bicyclic) bond motifs is 3. The highest BCUT2D eigenvalue weighted by Gasteiger charge is 2.15. The second-order valence-electron chi connectivity index (χ2n) is 5.29. The monoisotopic (exact) mass is 263 g/mol. The van der Waals surface area contributed by atoms with Crippen LogP contribution in [0, 0.1) is 0 Å². The van der Waals surface area contributed by atoms with Crippen molar-refractivity contribution in [3.05, 3.63) is 59.3 Å². The molecule has 0 aliphatic heterocycles. The summed E-state index contributed by atoms with van der Waals surface area (Å²) in [4.78, 5) is 0. The van der Waals surface area contributed by atoms with Gasteiger partial charge in [-0.2, -0.15) is 0 Å². The number of hydrogen-bond donors (Lipinski definition) is 0. The summed E-state index contributed by atoms with van der Waals surface area (Å²) in [7, 11) is 0. The second-order valence-corrected chi connectivity index (χ2v) is 5.29. The molecular formula is C19H21N. The molecule has 1 aliphatic carbocycles. The van der Waals surface area contributed by atoms with E-state index in [1.54, 1.807) is 0 Å². The van der Waals surface area contributed by atoms with Gasteiger partial charge >= 0.3 is 0 Å². The summed E-state index contributed by atoms with van der Waals surface area (Å²) in [5.74, 6) is 0. The van der Waals surface area contributed by atoms with Crippen molar-refractivity contribution >= 4 is 23.2 Å². The molecule has 2 aromatic rings. The molecule has 0 saturated carbocycles. The molecule has 0 N–H and O–H groups in total. The van der Waals surface area contributed by atoms with E-state index in [2.05, 4.69) is 61.4 Å². The molecule has 0 saturated heterocycles. The van der Waals surface area contributed by atoms with E-state index < -0.39 is 0 Å². The van der Waals surface area contributed by atoms with Gasteiger partial charge in [0, 0.05) is 17.3 Å². The lowest BCUT2D eigenvalue weighted by Gasteiger charge is -2.02. The lowest BCUT2D eigenvalue weighted by atomic mass is 10.0. The standard InChI is InChI=1S/C19H21N/c1-4-14-7-10-16-17-13-15(5-2)9-12-19(17)20(6-3)18(16)11-8-14/h6-9,11-13H,3-5,10H2,1-2H3. The Morgan fingerprint density at radius 2 is 2.05 bits per heavy atom. The normalized spacial score (nSPS) is 14.0. The van der Waals surface area contributed by atoms with Gasteiger partial charge in [0.2, 0.25) is 0 Å². The molecule has 0 spiro atoms. The first kappa shape index (κ1) is 13.0. The van der Waals surface area contributed by atoms with Crippen molar-refractivity contribution in [1.29, 1.82) is 0 Å². The molecule has 20 heavy (non-hydrogen) atoms. The van der Waals surface area contributed by atoms with Crippen LogP contribution in [0.4, 0.5) is 0 Å².